The van der Waals surface area contributed by atoms with Gasteiger partial charge in [0.05, 0.1) is 0 Å². The van der Waals surface area contributed by atoms with E-state index in [1.54, 1.807) is 6.20 Å². The van der Waals surface area contributed by atoms with E-state index < -0.39 is 0 Å². The first kappa shape index (κ1) is 22.1. The fourth-order valence-corrected chi connectivity index (χ4v) is 3.34. The molecule has 0 radical (unpaired) electrons. The molecule has 28 heavy (non-hydrogen) atoms. The molecule has 0 spiro atoms. The normalized spacial score (nSPS) is 18.0. The van der Waals surface area contributed by atoms with E-state index in [2.05, 4.69) is 37.8 Å². The Hall–Kier alpha value is -2.15. The van der Waals surface area contributed by atoms with E-state index in [9.17, 15) is 4.79 Å². The predicted molar refractivity (Wildman–Crippen MR) is 116 cm³/mol. The van der Waals surface area contributed by atoms with Gasteiger partial charge in [0.2, 0.25) is 5.91 Å². The third kappa shape index (κ3) is 8.25. The van der Waals surface area contributed by atoms with Crippen molar-refractivity contribution in [2.24, 2.45) is 4.99 Å². The number of hydrogen-bond acceptors (Lipinski definition) is 4. The summed E-state index contributed by atoms with van der Waals surface area (Å²) in [4.78, 5) is 23.4. The topological polar surface area (TPSA) is 81.7 Å². The van der Waals surface area contributed by atoms with Gasteiger partial charge >= 0.3 is 0 Å². The summed E-state index contributed by atoms with van der Waals surface area (Å²) in [6, 6.07) is 4.45. The van der Waals surface area contributed by atoms with Gasteiger partial charge in [-0.25, -0.2) is 4.98 Å². The Morgan fingerprint density at radius 3 is 2.89 bits per heavy atom. The highest BCUT2D eigenvalue weighted by molar-refractivity contribution is 5.90. The van der Waals surface area contributed by atoms with Crippen LogP contribution < -0.4 is 16.0 Å². The number of rotatable bonds is 9. The van der Waals surface area contributed by atoms with Crippen LogP contribution in [0.25, 0.3) is 0 Å². The van der Waals surface area contributed by atoms with E-state index >= 15 is 0 Å². The van der Waals surface area contributed by atoms with Crippen LogP contribution in [-0.4, -0.2) is 60.5 Å². The molecule has 0 aromatic carbocycles. The maximum absolute atomic E-state index is 12.0. The van der Waals surface area contributed by atoms with Gasteiger partial charge in [0.25, 0.3) is 0 Å². The smallest absolute Gasteiger partial charge is 0.227 e. The van der Waals surface area contributed by atoms with Crippen molar-refractivity contribution >= 4 is 17.7 Å². The monoisotopic (exact) mass is 388 g/mol. The number of hydrogen-bond donors (Lipinski definition) is 3. The van der Waals surface area contributed by atoms with E-state index in [4.69, 9.17) is 0 Å². The SMILES string of the molecule is CCNC(=NCCCN1CCCCC1C)NCCC(=O)Nc1ccc(C)cn1. The number of anilines is 1. The zero-order valence-corrected chi connectivity index (χ0v) is 17.6. The quantitative estimate of drug-likeness (QED) is 0.344. The summed E-state index contributed by atoms with van der Waals surface area (Å²) in [6.45, 7) is 10.8. The lowest BCUT2D eigenvalue weighted by atomic mass is 10.0. The first-order chi connectivity index (χ1) is 13.6. The minimum Gasteiger partial charge on any atom is -0.357 e. The largest absolute Gasteiger partial charge is 0.357 e. The summed E-state index contributed by atoms with van der Waals surface area (Å²) in [7, 11) is 0. The van der Waals surface area contributed by atoms with E-state index in [-0.39, 0.29) is 5.91 Å². The number of aromatic nitrogens is 1. The molecular weight excluding hydrogens is 352 g/mol. The number of carbonyl (C=O) groups is 1. The maximum atomic E-state index is 12.0. The Morgan fingerprint density at radius 1 is 1.32 bits per heavy atom. The molecule has 0 saturated carbocycles. The molecule has 2 heterocycles. The third-order valence-corrected chi connectivity index (χ3v) is 4.98. The minimum atomic E-state index is -0.0567. The van der Waals surface area contributed by atoms with Crippen LogP contribution in [0.1, 0.15) is 51.5 Å². The van der Waals surface area contributed by atoms with E-state index in [1.807, 2.05) is 26.0 Å². The molecule has 3 N–H and O–H groups in total. The van der Waals surface area contributed by atoms with Crippen LogP contribution in [0.4, 0.5) is 5.82 Å². The number of pyridine rings is 1. The molecule has 7 nitrogen and oxygen atoms in total. The summed E-state index contributed by atoms with van der Waals surface area (Å²) < 4.78 is 0. The summed E-state index contributed by atoms with van der Waals surface area (Å²) >= 11 is 0. The first-order valence-corrected chi connectivity index (χ1v) is 10.6. The van der Waals surface area contributed by atoms with Crippen molar-refractivity contribution in [2.45, 2.75) is 58.9 Å². The molecule has 1 aromatic rings. The van der Waals surface area contributed by atoms with Crippen LogP contribution in [0.15, 0.2) is 23.3 Å². The molecule has 1 aliphatic heterocycles. The van der Waals surface area contributed by atoms with E-state index in [0.717, 1.165) is 37.6 Å². The lowest BCUT2D eigenvalue weighted by molar-refractivity contribution is -0.116. The van der Waals surface area contributed by atoms with Gasteiger partial charge in [0.1, 0.15) is 5.82 Å². The zero-order valence-electron chi connectivity index (χ0n) is 17.6. The predicted octanol–water partition coefficient (Wildman–Crippen LogP) is 2.54. The van der Waals surface area contributed by atoms with Gasteiger partial charge in [-0.05, 0) is 58.2 Å². The molecule has 1 fully saturated rings. The Kier molecular flexibility index (Phi) is 9.76. The van der Waals surface area contributed by atoms with Crippen molar-refractivity contribution in [3.63, 3.8) is 0 Å². The lowest BCUT2D eigenvalue weighted by Gasteiger charge is -2.33. The zero-order chi connectivity index (χ0) is 20.2. The maximum Gasteiger partial charge on any atom is 0.227 e. The second kappa shape index (κ2) is 12.3. The van der Waals surface area contributed by atoms with Crippen molar-refractivity contribution in [2.75, 3.05) is 38.0 Å². The van der Waals surface area contributed by atoms with Gasteiger partial charge in [0.15, 0.2) is 5.96 Å². The molecule has 1 aliphatic rings. The molecule has 2 rings (SSSR count). The van der Waals surface area contributed by atoms with Crippen molar-refractivity contribution in [1.82, 2.24) is 20.5 Å². The molecule has 1 unspecified atom stereocenters. The first-order valence-electron chi connectivity index (χ1n) is 10.6. The number of nitrogens with zero attached hydrogens (tertiary/aromatic N) is 3. The highest BCUT2D eigenvalue weighted by atomic mass is 16.1. The van der Waals surface area contributed by atoms with Gasteiger partial charge in [-0.1, -0.05) is 12.5 Å². The lowest BCUT2D eigenvalue weighted by Crippen LogP contribution is -2.39. The third-order valence-electron chi connectivity index (χ3n) is 4.98. The molecule has 1 aromatic heterocycles. The molecule has 0 bridgehead atoms. The van der Waals surface area contributed by atoms with Crippen LogP contribution in [0.5, 0.6) is 0 Å². The average molecular weight is 389 g/mol. The molecule has 1 amide bonds. The van der Waals surface area contributed by atoms with Gasteiger partial charge in [-0.3, -0.25) is 9.79 Å². The fourth-order valence-electron chi connectivity index (χ4n) is 3.34. The highest BCUT2D eigenvalue weighted by Crippen LogP contribution is 2.16. The number of amides is 1. The minimum absolute atomic E-state index is 0.0567. The number of carbonyl (C=O) groups excluding carboxylic acids is 1. The van der Waals surface area contributed by atoms with Crippen LogP contribution in [-0.2, 0) is 4.79 Å². The van der Waals surface area contributed by atoms with Crippen LogP contribution in [0.3, 0.4) is 0 Å². The molecule has 1 atom stereocenters. The molecule has 1 saturated heterocycles. The fraction of sp³-hybridized carbons (Fsp3) is 0.667. The van der Waals surface area contributed by atoms with Crippen LogP contribution >= 0.6 is 0 Å². The molecule has 0 aliphatic carbocycles. The van der Waals surface area contributed by atoms with E-state index in [1.165, 1.54) is 25.8 Å². The summed E-state index contributed by atoms with van der Waals surface area (Å²) in [5, 5.41) is 9.29. The van der Waals surface area contributed by atoms with Crippen molar-refractivity contribution in [3.05, 3.63) is 23.9 Å². The van der Waals surface area contributed by atoms with Crippen molar-refractivity contribution in [3.8, 4) is 0 Å². The van der Waals surface area contributed by atoms with Crippen molar-refractivity contribution in [1.29, 1.82) is 0 Å². The van der Waals surface area contributed by atoms with Crippen LogP contribution in [0.2, 0.25) is 0 Å². The Labute approximate surface area is 169 Å². The Morgan fingerprint density at radius 2 is 2.18 bits per heavy atom. The highest BCUT2D eigenvalue weighted by Gasteiger charge is 2.17. The number of guanidine groups is 1. The second-order valence-electron chi connectivity index (χ2n) is 7.44. The number of aliphatic imine (C=N–C) groups is 1. The summed E-state index contributed by atoms with van der Waals surface area (Å²) in [6.07, 6.45) is 7.16. The van der Waals surface area contributed by atoms with Gasteiger partial charge < -0.3 is 20.9 Å². The second-order valence-corrected chi connectivity index (χ2v) is 7.44. The van der Waals surface area contributed by atoms with Gasteiger partial charge in [-0.15, -0.1) is 0 Å². The average Bonchev–Trinajstić information content (AvgIpc) is 2.68. The number of piperidine rings is 1. The van der Waals surface area contributed by atoms with Gasteiger partial charge in [0, 0.05) is 44.8 Å². The molecule has 156 valence electrons. The standard InChI is InChI=1S/C21H36N6O/c1-4-22-21(23-12-7-15-27-14-6-5-8-18(27)3)24-13-11-20(28)26-19-10-9-17(2)16-25-19/h9-10,16,18H,4-8,11-15H2,1-3H3,(H2,22,23,24)(H,25,26,28). The van der Waals surface area contributed by atoms with Crippen LogP contribution in [0, 0.1) is 6.92 Å². The van der Waals surface area contributed by atoms with Gasteiger partial charge in [-0.2, -0.15) is 0 Å². The Balaban J connectivity index is 1.67. The number of nitrogens with one attached hydrogen (secondary N) is 3. The molecular formula is C21H36N6O. The molecule has 7 heteroatoms. The summed E-state index contributed by atoms with van der Waals surface area (Å²) in [5.41, 5.74) is 1.07. The number of aryl methyl sites for hydroxylation is 1. The van der Waals surface area contributed by atoms with E-state index in [0.29, 0.717) is 24.8 Å². The van der Waals surface area contributed by atoms with Crippen molar-refractivity contribution < 1.29 is 4.79 Å². The summed E-state index contributed by atoms with van der Waals surface area (Å²) in [5.74, 6) is 1.30. The number of likely N-dealkylation sites (tertiary alicyclic amines) is 1. The Bertz CT molecular complexity index is 616.